The fourth-order valence-electron chi connectivity index (χ4n) is 5.17. The second-order valence-corrected chi connectivity index (χ2v) is 9.58. The highest BCUT2D eigenvalue weighted by Crippen LogP contribution is 2.38. The molecular formula is C25H35N3O4. The first-order valence-electron chi connectivity index (χ1n) is 12.0. The van der Waals surface area contributed by atoms with Crippen LogP contribution in [0.25, 0.3) is 0 Å². The Hall–Kier alpha value is -2.57. The summed E-state index contributed by atoms with van der Waals surface area (Å²) in [4.78, 5) is 41.4. The second-order valence-electron chi connectivity index (χ2n) is 9.58. The quantitative estimate of drug-likeness (QED) is 0.765. The lowest BCUT2D eigenvalue weighted by Crippen LogP contribution is -2.53. The summed E-state index contributed by atoms with van der Waals surface area (Å²) in [5, 5.41) is 3.18. The van der Waals surface area contributed by atoms with E-state index >= 15 is 0 Å². The number of fused-ring (bicyclic) bond motifs is 1. The molecule has 1 N–H and O–H groups in total. The topological polar surface area (TPSA) is 79.0 Å². The normalized spacial score (nSPS) is 24.2. The molecular weight excluding hydrogens is 406 g/mol. The molecule has 7 heteroatoms. The van der Waals surface area contributed by atoms with Crippen molar-refractivity contribution >= 4 is 17.7 Å². The van der Waals surface area contributed by atoms with Crippen LogP contribution in [0.15, 0.2) is 24.3 Å². The maximum absolute atomic E-state index is 13.3. The smallest absolute Gasteiger partial charge is 0.242 e. The van der Waals surface area contributed by atoms with Gasteiger partial charge in [-0.3, -0.25) is 14.4 Å². The molecule has 1 aromatic rings. The minimum atomic E-state index is -0.437. The number of ether oxygens (including phenoxy) is 1. The van der Waals surface area contributed by atoms with E-state index in [1.165, 1.54) is 5.56 Å². The molecule has 4 rings (SSSR count). The molecule has 3 amide bonds. The number of carbonyl (C=O) groups is 3. The largest absolute Gasteiger partial charge is 0.491 e. The molecule has 2 saturated heterocycles. The third-order valence-electron chi connectivity index (χ3n) is 7.24. The van der Waals surface area contributed by atoms with Gasteiger partial charge in [-0.05, 0) is 57.1 Å². The SMILES string of the molecule is C[C@H]1COc2ccccc2CCCCC2(CCN(C(=O)CN3CCCC3=O)CC2)C(=O)N1. The number of benzene rings is 1. The number of rotatable bonds is 2. The summed E-state index contributed by atoms with van der Waals surface area (Å²) in [6, 6.07) is 8.06. The molecule has 1 atom stereocenters. The van der Waals surface area contributed by atoms with Gasteiger partial charge in [0, 0.05) is 26.1 Å². The monoisotopic (exact) mass is 441 g/mol. The predicted octanol–water partition coefficient (Wildman–Crippen LogP) is 2.53. The number of carbonyl (C=O) groups excluding carboxylic acids is 3. The van der Waals surface area contributed by atoms with Crippen LogP contribution in [0, 0.1) is 5.41 Å². The number of para-hydroxylation sites is 1. The van der Waals surface area contributed by atoms with Crippen molar-refractivity contribution in [2.24, 2.45) is 5.41 Å². The van der Waals surface area contributed by atoms with E-state index in [9.17, 15) is 14.4 Å². The molecule has 3 aliphatic rings. The van der Waals surface area contributed by atoms with Gasteiger partial charge >= 0.3 is 0 Å². The second kappa shape index (κ2) is 9.92. The van der Waals surface area contributed by atoms with Crippen LogP contribution in [0.1, 0.15) is 57.4 Å². The van der Waals surface area contributed by atoms with Crippen molar-refractivity contribution in [1.82, 2.24) is 15.1 Å². The molecule has 1 aromatic carbocycles. The summed E-state index contributed by atoms with van der Waals surface area (Å²) in [5.41, 5.74) is 0.783. The zero-order chi connectivity index (χ0) is 22.6. The first-order chi connectivity index (χ1) is 15.5. The molecule has 32 heavy (non-hydrogen) atoms. The van der Waals surface area contributed by atoms with Crippen molar-refractivity contribution in [3.05, 3.63) is 29.8 Å². The van der Waals surface area contributed by atoms with Gasteiger partial charge in [-0.2, -0.15) is 0 Å². The summed E-state index contributed by atoms with van der Waals surface area (Å²) in [6.45, 7) is 4.41. The van der Waals surface area contributed by atoms with Crippen molar-refractivity contribution in [2.45, 2.75) is 64.3 Å². The summed E-state index contributed by atoms with van der Waals surface area (Å²) >= 11 is 0. The summed E-state index contributed by atoms with van der Waals surface area (Å²) in [5.74, 6) is 1.07. The van der Waals surface area contributed by atoms with E-state index in [-0.39, 0.29) is 30.3 Å². The van der Waals surface area contributed by atoms with Gasteiger partial charge in [0.05, 0.1) is 18.0 Å². The fraction of sp³-hybridized carbons (Fsp3) is 0.640. The molecule has 0 unspecified atom stereocenters. The molecule has 0 aromatic heterocycles. The van der Waals surface area contributed by atoms with E-state index in [2.05, 4.69) is 11.4 Å². The van der Waals surface area contributed by atoms with Gasteiger partial charge < -0.3 is 19.9 Å². The van der Waals surface area contributed by atoms with Crippen molar-refractivity contribution in [3.63, 3.8) is 0 Å². The number of hydrogen-bond acceptors (Lipinski definition) is 4. The average Bonchev–Trinajstić information content (AvgIpc) is 3.19. The van der Waals surface area contributed by atoms with Crippen LogP contribution in [-0.2, 0) is 20.8 Å². The summed E-state index contributed by atoms with van der Waals surface area (Å²) in [6.07, 6.45) is 6.46. The maximum atomic E-state index is 13.3. The molecule has 7 nitrogen and oxygen atoms in total. The third kappa shape index (κ3) is 5.08. The highest BCUT2D eigenvalue weighted by atomic mass is 16.5. The minimum Gasteiger partial charge on any atom is -0.491 e. The van der Waals surface area contributed by atoms with Gasteiger partial charge in [0.1, 0.15) is 12.4 Å². The van der Waals surface area contributed by atoms with Crippen LogP contribution in [0.3, 0.4) is 0 Å². The number of hydrogen-bond donors (Lipinski definition) is 1. The first-order valence-corrected chi connectivity index (χ1v) is 12.0. The van der Waals surface area contributed by atoms with E-state index in [4.69, 9.17) is 4.74 Å². The van der Waals surface area contributed by atoms with Crippen LogP contribution in [0.5, 0.6) is 5.75 Å². The Morgan fingerprint density at radius 3 is 2.59 bits per heavy atom. The molecule has 174 valence electrons. The number of nitrogens with one attached hydrogen (secondary N) is 1. The number of amides is 3. The molecule has 3 aliphatic heterocycles. The Morgan fingerprint density at radius 1 is 1.06 bits per heavy atom. The molecule has 3 heterocycles. The molecule has 1 spiro atoms. The Labute approximate surface area is 190 Å². The summed E-state index contributed by atoms with van der Waals surface area (Å²) < 4.78 is 6.02. The van der Waals surface area contributed by atoms with Crippen molar-refractivity contribution < 1.29 is 19.1 Å². The van der Waals surface area contributed by atoms with E-state index < -0.39 is 5.41 Å². The molecule has 0 bridgehead atoms. The lowest BCUT2D eigenvalue weighted by molar-refractivity contribution is -0.144. The molecule has 2 fully saturated rings. The van der Waals surface area contributed by atoms with Crippen molar-refractivity contribution in [1.29, 1.82) is 0 Å². The Bertz CT molecular complexity index is 847. The lowest BCUT2D eigenvalue weighted by atomic mass is 9.73. The van der Waals surface area contributed by atoms with Crippen molar-refractivity contribution in [3.8, 4) is 5.75 Å². The van der Waals surface area contributed by atoms with Gasteiger partial charge in [0.25, 0.3) is 0 Å². The maximum Gasteiger partial charge on any atom is 0.242 e. The number of piperidine rings is 1. The average molecular weight is 442 g/mol. The van der Waals surface area contributed by atoms with Gasteiger partial charge in [-0.1, -0.05) is 24.6 Å². The number of likely N-dealkylation sites (tertiary alicyclic amines) is 2. The van der Waals surface area contributed by atoms with Gasteiger partial charge in [-0.15, -0.1) is 0 Å². The highest BCUT2D eigenvalue weighted by molar-refractivity contribution is 5.87. The third-order valence-corrected chi connectivity index (χ3v) is 7.24. The van der Waals surface area contributed by atoms with E-state index in [0.29, 0.717) is 45.5 Å². The van der Waals surface area contributed by atoms with Gasteiger partial charge in [0.2, 0.25) is 17.7 Å². The highest BCUT2D eigenvalue weighted by Gasteiger charge is 2.42. The molecule has 0 saturated carbocycles. The van der Waals surface area contributed by atoms with E-state index in [0.717, 1.165) is 37.9 Å². The Morgan fingerprint density at radius 2 is 1.84 bits per heavy atom. The standard InChI is InChI=1S/C25H35N3O4/c1-19-18-32-21-9-3-2-7-20(21)8-4-5-11-25(24(31)26-19)12-15-27(16-13-25)23(30)17-28-14-6-10-22(28)29/h2-3,7,9,19H,4-6,8,10-18H2,1H3,(H,26,31)/t19-/m0/s1. The molecule has 0 radical (unpaired) electrons. The predicted molar refractivity (Wildman–Crippen MR) is 121 cm³/mol. The number of nitrogens with zero attached hydrogens (tertiary/aromatic N) is 2. The number of aryl methyl sites for hydroxylation is 1. The van der Waals surface area contributed by atoms with Gasteiger partial charge in [-0.25, -0.2) is 0 Å². The minimum absolute atomic E-state index is 0.00189. The Balaban J connectivity index is 1.39. The first kappa shape index (κ1) is 22.6. The Kier molecular flexibility index (Phi) is 7.01. The van der Waals surface area contributed by atoms with Crippen LogP contribution in [0.2, 0.25) is 0 Å². The summed E-state index contributed by atoms with van der Waals surface area (Å²) in [7, 11) is 0. The molecule has 0 aliphatic carbocycles. The van der Waals surface area contributed by atoms with E-state index in [1.807, 2.05) is 30.0 Å². The zero-order valence-corrected chi connectivity index (χ0v) is 19.1. The van der Waals surface area contributed by atoms with E-state index in [1.54, 1.807) is 4.90 Å². The van der Waals surface area contributed by atoms with Gasteiger partial charge in [0.15, 0.2) is 0 Å². The van der Waals surface area contributed by atoms with Crippen LogP contribution < -0.4 is 10.1 Å². The van der Waals surface area contributed by atoms with Crippen LogP contribution >= 0.6 is 0 Å². The zero-order valence-electron chi connectivity index (χ0n) is 19.1. The van der Waals surface area contributed by atoms with Crippen molar-refractivity contribution in [2.75, 3.05) is 32.8 Å². The van der Waals surface area contributed by atoms with Crippen LogP contribution in [-0.4, -0.2) is 66.3 Å². The van der Waals surface area contributed by atoms with Crippen LogP contribution in [0.4, 0.5) is 0 Å². The lowest BCUT2D eigenvalue weighted by Gasteiger charge is -2.42. The fourth-order valence-corrected chi connectivity index (χ4v) is 5.17.